The Labute approximate surface area is 131 Å². The Morgan fingerprint density at radius 3 is 2.86 bits per heavy atom. The number of nitrogens with zero attached hydrogens (tertiary/aromatic N) is 1. The molecule has 0 aliphatic heterocycles. The van der Waals surface area contributed by atoms with Crippen molar-refractivity contribution in [1.29, 1.82) is 0 Å². The number of nitrogens with one attached hydrogen (secondary N) is 3. The van der Waals surface area contributed by atoms with Crippen LogP contribution in [0.3, 0.4) is 0 Å². The fourth-order valence-electron chi connectivity index (χ4n) is 2.21. The number of halogens is 1. The Morgan fingerprint density at radius 1 is 1.36 bits per heavy atom. The molecule has 116 valence electrons. The summed E-state index contributed by atoms with van der Waals surface area (Å²) in [6.07, 6.45) is 1.41. The SMILES string of the molecule is COc1c(NS(=O)(=O)c2c[nH]c3cc(Cl)ccc23)n[nH]c1C. The van der Waals surface area contributed by atoms with E-state index in [1.165, 1.54) is 13.3 Å². The molecule has 0 atom stereocenters. The van der Waals surface area contributed by atoms with Gasteiger partial charge in [0.15, 0.2) is 5.75 Å². The maximum Gasteiger partial charge on any atom is 0.265 e. The zero-order valence-electron chi connectivity index (χ0n) is 11.8. The second-order valence-corrected chi connectivity index (χ2v) is 6.77. The number of aryl methyl sites for hydroxylation is 1. The van der Waals surface area contributed by atoms with Gasteiger partial charge in [0.25, 0.3) is 10.0 Å². The molecule has 0 unspecified atom stereocenters. The predicted octanol–water partition coefficient (Wildman–Crippen LogP) is 2.66. The molecule has 22 heavy (non-hydrogen) atoms. The molecule has 0 radical (unpaired) electrons. The minimum Gasteiger partial charge on any atom is -0.491 e. The van der Waals surface area contributed by atoms with E-state index in [0.29, 0.717) is 27.4 Å². The highest BCUT2D eigenvalue weighted by Crippen LogP contribution is 2.30. The summed E-state index contributed by atoms with van der Waals surface area (Å²) in [4.78, 5) is 3.00. The molecule has 3 rings (SSSR count). The molecular weight excluding hydrogens is 328 g/mol. The first kappa shape index (κ1) is 14.7. The Bertz CT molecular complexity index is 946. The van der Waals surface area contributed by atoms with Crippen LogP contribution in [-0.4, -0.2) is 30.7 Å². The Hall–Kier alpha value is -2.19. The second kappa shape index (κ2) is 5.22. The highest BCUT2D eigenvalue weighted by atomic mass is 35.5. The van der Waals surface area contributed by atoms with Crippen molar-refractivity contribution in [2.75, 3.05) is 11.8 Å². The van der Waals surface area contributed by atoms with Gasteiger partial charge in [-0.3, -0.25) is 9.82 Å². The highest BCUT2D eigenvalue weighted by Gasteiger charge is 2.23. The molecule has 2 heterocycles. The van der Waals surface area contributed by atoms with Crippen LogP contribution < -0.4 is 9.46 Å². The first-order valence-electron chi connectivity index (χ1n) is 6.31. The number of rotatable bonds is 4. The van der Waals surface area contributed by atoms with Crippen LogP contribution in [0.5, 0.6) is 5.75 Å². The largest absolute Gasteiger partial charge is 0.491 e. The molecule has 0 saturated carbocycles. The van der Waals surface area contributed by atoms with Crippen molar-refractivity contribution in [1.82, 2.24) is 15.2 Å². The third-order valence-electron chi connectivity index (χ3n) is 3.22. The minimum atomic E-state index is -3.82. The van der Waals surface area contributed by atoms with Gasteiger partial charge in [0.1, 0.15) is 4.90 Å². The van der Waals surface area contributed by atoms with Crippen LogP contribution >= 0.6 is 11.6 Å². The zero-order chi connectivity index (χ0) is 15.9. The van der Waals surface area contributed by atoms with Crippen LogP contribution in [0.2, 0.25) is 5.02 Å². The molecule has 0 bridgehead atoms. The number of ether oxygens (including phenoxy) is 1. The lowest BCUT2D eigenvalue weighted by Gasteiger charge is -2.06. The monoisotopic (exact) mass is 340 g/mol. The lowest BCUT2D eigenvalue weighted by atomic mass is 10.2. The van der Waals surface area contributed by atoms with Crippen molar-refractivity contribution in [3.8, 4) is 5.75 Å². The predicted molar refractivity (Wildman–Crippen MR) is 84.0 cm³/mol. The van der Waals surface area contributed by atoms with Crippen molar-refractivity contribution >= 4 is 38.3 Å². The molecule has 0 aliphatic carbocycles. The van der Waals surface area contributed by atoms with E-state index in [1.807, 2.05) is 0 Å². The number of aromatic nitrogens is 3. The number of methoxy groups -OCH3 is 1. The van der Waals surface area contributed by atoms with Crippen molar-refractivity contribution in [3.05, 3.63) is 35.1 Å². The van der Waals surface area contributed by atoms with Gasteiger partial charge in [0.2, 0.25) is 5.82 Å². The van der Waals surface area contributed by atoms with E-state index in [9.17, 15) is 8.42 Å². The summed E-state index contributed by atoms with van der Waals surface area (Å²) in [6.45, 7) is 1.73. The minimum absolute atomic E-state index is 0.113. The molecule has 3 aromatic rings. The van der Waals surface area contributed by atoms with Gasteiger partial charge >= 0.3 is 0 Å². The van der Waals surface area contributed by atoms with Gasteiger partial charge in [-0.2, -0.15) is 5.10 Å². The molecule has 0 amide bonds. The Morgan fingerprint density at radius 2 is 2.14 bits per heavy atom. The summed E-state index contributed by atoms with van der Waals surface area (Å²) in [5.74, 6) is 0.467. The van der Waals surface area contributed by atoms with Crippen molar-refractivity contribution in [2.24, 2.45) is 0 Å². The van der Waals surface area contributed by atoms with Gasteiger partial charge in [0, 0.05) is 22.1 Å². The molecule has 0 spiro atoms. The standard InChI is InChI=1S/C13H13ClN4O3S/c1-7-12(21-2)13(17-16-7)18-22(19,20)11-6-15-10-5-8(14)3-4-9(10)11/h3-6,15H,1-2H3,(H2,16,17,18). The van der Waals surface area contributed by atoms with Gasteiger partial charge in [-0.25, -0.2) is 8.42 Å². The number of anilines is 1. The van der Waals surface area contributed by atoms with E-state index in [4.69, 9.17) is 16.3 Å². The molecule has 0 saturated heterocycles. The van der Waals surface area contributed by atoms with Gasteiger partial charge in [-0.05, 0) is 25.1 Å². The molecule has 1 aromatic carbocycles. The smallest absolute Gasteiger partial charge is 0.265 e. The van der Waals surface area contributed by atoms with E-state index < -0.39 is 10.0 Å². The van der Waals surface area contributed by atoms with E-state index >= 15 is 0 Å². The maximum atomic E-state index is 12.6. The topological polar surface area (TPSA) is 99.9 Å². The number of H-pyrrole nitrogens is 2. The average molecular weight is 341 g/mol. The van der Waals surface area contributed by atoms with Gasteiger partial charge in [-0.1, -0.05) is 11.6 Å². The number of sulfonamides is 1. The van der Waals surface area contributed by atoms with Crippen molar-refractivity contribution in [3.63, 3.8) is 0 Å². The molecule has 3 N–H and O–H groups in total. The summed E-state index contributed by atoms with van der Waals surface area (Å²) in [6, 6.07) is 4.95. The summed E-state index contributed by atoms with van der Waals surface area (Å²) >= 11 is 5.90. The summed E-state index contributed by atoms with van der Waals surface area (Å²) in [5.41, 5.74) is 1.27. The third-order valence-corrected chi connectivity index (χ3v) is 4.84. The molecule has 2 aromatic heterocycles. The number of benzene rings is 1. The average Bonchev–Trinajstić information content (AvgIpc) is 3.02. The van der Waals surface area contributed by atoms with E-state index in [0.717, 1.165) is 0 Å². The van der Waals surface area contributed by atoms with Gasteiger partial charge in [-0.15, -0.1) is 0 Å². The molecule has 0 aliphatic rings. The maximum absolute atomic E-state index is 12.6. The first-order valence-corrected chi connectivity index (χ1v) is 8.17. The van der Waals surface area contributed by atoms with E-state index in [1.54, 1.807) is 25.1 Å². The number of hydrogen-bond donors (Lipinski definition) is 3. The molecular formula is C13H13ClN4O3S. The van der Waals surface area contributed by atoms with Crippen LogP contribution in [0.15, 0.2) is 29.3 Å². The van der Waals surface area contributed by atoms with Crippen molar-refractivity contribution < 1.29 is 13.2 Å². The normalized spacial score (nSPS) is 11.8. The van der Waals surface area contributed by atoms with E-state index in [2.05, 4.69) is 19.9 Å². The van der Waals surface area contributed by atoms with Crippen LogP contribution in [0.1, 0.15) is 5.69 Å². The van der Waals surface area contributed by atoms with Crippen LogP contribution in [-0.2, 0) is 10.0 Å². The third kappa shape index (κ3) is 2.40. The highest BCUT2D eigenvalue weighted by molar-refractivity contribution is 7.93. The second-order valence-electron chi connectivity index (χ2n) is 4.68. The number of fused-ring (bicyclic) bond motifs is 1. The number of hydrogen-bond acceptors (Lipinski definition) is 4. The number of aromatic amines is 2. The van der Waals surface area contributed by atoms with Crippen LogP contribution in [0.25, 0.3) is 10.9 Å². The summed E-state index contributed by atoms with van der Waals surface area (Å²) in [7, 11) is -2.37. The summed E-state index contributed by atoms with van der Waals surface area (Å²) in [5, 5.41) is 7.65. The van der Waals surface area contributed by atoms with E-state index in [-0.39, 0.29) is 10.7 Å². The Balaban J connectivity index is 2.05. The quantitative estimate of drug-likeness (QED) is 0.679. The first-order chi connectivity index (χ1) is 10.4. The van der Waals surface area contributed by atoms with Gasteiger partial charge < -0.3 is 9.72 Å². The van der Waals surface area contributed by atoms with Crippen LogP contribution in [0, 0.1) is 6.92 Å². The molecule has 0 fully saturated rings. The lowest BCUT2D eigenvalue weighted by molar-refractivity contribution is 0.414. The zero-order valence-corrected chi connectivity index (χ0v) is 13.3. The van der Waals surface area contributed by atoms with Crippen LogP contribution in [0.4, 0.5) is 5.82 Å². The molecule has 9 heteroatoms. The molecule has 7 nitrogen and oxygen atoms in total. The lowest BCUT2D eigenvalue weighted by Crippen LogP contribution is -2.13. The summed E-state index contributed by atoms with van der Waals surface area (Å²) < 4.78 is 32.7. The van der Waals surface area contributed by atoms with Crippen molar-refractivity contribution in [2.45, 2.75) is 11.8 Å². The van der Waals surface area contributed by atoms with Gasteiger partial charge in [0.05, 0.1) is 12.8 Å². The fraction of sp³-hybridized carbons (Fsp3) is 0.154. The fourth-order valence-corrected chi connectivity index (χ4v) is 3.57. The Kier molecular flexibility index (Phi) is 3.50.